The largest absolute Gasteiger partial charge is 0.231 e. The first kappa shape index (κ1) is 8.47. The van der Waals surface area contributed by atoms with Crippen molar-refractivity contribution in [1.82, 2.24) is 4.98 Å². The van der Waals surface area contributed by atoms with E-state index in [1.165, 1.54) is 6.20 Å². The van der Waals surface area contributed by atoms with Crippen molar-refractivity contribution in [3.8, 4) is 0 Å². The van der Waals surface area contributed by atoms with Gasteiger partial charge in [0.05, 0.1) is 5.02 Å². The van der Waals surface area contributed by atoms with Gasteiger partial charge >= 0.3 is 0 Å². The Balaban J connectivity index is 3.05. The molecule has 0 fully saturated rings. The van der Waals surface area contributed by atoms with Crippen molar-refractivity contribution in [2.75, 3.05) is 0 Å². The molecule has 0 aliphatic rings. The van der Waals surface area contributed by atoms with Gasteiger partial charge in [0.25, 0.3) is 0 Å². The van der Waals surface area contributed by atoms with Gasteiger partial charge in [0.1, 0.15) is 0 Å². The van der Waals surface area contributed by atoms with Crippen LogP contribution in [-0.2, 0) is 0 Å². The third-order valence-electron chi connectivity index (χ3n) is 1.48. The monoisotopic (exact) mass is 172 g/mol. The van der Waals surface area contributed by atoms with Gasteiger partial charge in [-0.15, -0.1) is 0 Å². The van der Waals surface area contributed by atoms with Crippen molar-refractivity contribution in [2.45, 2.75) is 19.8 Å². The van der Waals surface area contributed by atoms with E-state index in [0.717, 1.165) is 5.56 Å². The summed E-state index contributed by atoms with van der Waals surface area (Å²) in [5, 5.41) is 0.0937. The molecular formula is C8H9ClFN. The summed E-state index contributed by atoms with van der Waals surface area (Å²) in [5.41, 5.74) is 0.955. The summed E-state index contributed by atoms with van der Waals surface area (Å²) in [4.78, 5) is 3.50. The van der Waals surface area contributed by atoms with Gasteiger partial charge in [0.15, 0.2) is 0 Å². The Morgan fingerprint density at radius 3 is 2.64 bits per heavy atom. The summed E-state index contributed by atoms with van der Waals surface area (Å²) in [5.74, 6) is -0.267. The zero-order valence-electron chi connectivity index (χ0n) is 6.44. The Morgan fingerprint density at radius 1 is 1.55 bits per heavy atom. The normalized spacial score (nSPS) is 10.6. The fraction of sp³-hybridized carbons (Fsp3) is 0.375. The van der Waals surface area contributed by atoms with Crippen molar-refractivity contribution in [3.05, 3.63) is 28.8 Å². The zero-order valence-corrected chi connectivity index (χ0v) is 7.19. The Hall–Kier alpha value is -0.630. The SMILES string of the molecule is CC(C)c1cnc([18F])c(Cl)c1. The molecule has 0 saturated carbocycles. The van der Waals surface area contributed by atoms with E-state index in [0.29, 0.717) is 5.92 Å². The highest BCUT2D eigenvalue weighted by Crippen LogP contribution is 2.19. The van der Waals surface area contributed by atoms with Gasteiger partial charge in [-0.3, -0.25) is 0 Å². The summed E-state index contributed by atoms with van der Waals surface area (Å²) < 4.78 is 12.5. The number of hydrogen-bond acceptors (Lipinski definition) is 1. The first-order valence-electron chi connectivity index (χ1n) is 3.42. The molecule has 0 amide bonds. The van der Waals surface area contributed by atoms with Gasteiger partial charge in [-0.2, -0.15) is 4.39 Å². The van der Waals surface area contributed by atoms with E-state index in [1.807, 2.05) is 13.8 Å². The van der Waals surface area contributed by atoms with Crippen LogP contribution in [0.4, 0.5) is 4.39 Å². The zero-order chi connectivity index (χ0) is 8.43. The van der Waals surface area contributed by atoms with Crippen LogP contribution in [0.5, 0.6) is 0 Å². The van der Waals surface area contributed by atoms with Crippen LogP contribution in [0.15, 0.2) is 12.3 Å². The fourth-order valence-electron chi connectivity index (χ4n) is 0.752. The van der Waals surface area contributed by atoms with Gasteiger partial charge in [-0.05, 0) is 17.5 Å². The number of halogens is 2. The third-order valence-corrected chi connectivity index (χ3v) is 1.75. The highest BCUT2D eigenvalue weighted by Gasteiger charge is 2.04. The van der Waals surface area contributed by atoms with E-state index in [9.17, 15) is 4.39 Å². The molecule has 11 heavy (non-hydrogen) atoms. The molecule has 0 radical (unpaired) electrons. The third kappa shape index (κ3) is 1.90. The quantitative estimate of drug-likeness (QED) is 0.594. The van der Waals surface area contributed by atoms with Crippen LogP contribution in [0.2, 0.25) is 5.02 Å². The van der Waals surface area contributed by atoms with Gasteiger partial charge in [-0.1, -0.05) is 25.4 Å². The molecule has 0 aliphatic carbocycles. The van der Waals surface area contributed by atoms with Crippen LogP contribution in [-0.4, -0.2) is 4.98 Å². The molecule has 0 aliphatic heterocycles. The van der Waals surface area contributed by atoms with E-state index in [2.05, 4.69) is 4.98 Å². The fourth-order valence-corrected chi connectivity index (χ4v) is 0.927. The lowest BCUT2D eigenvalue weighted by Crippen LogP contribution is -1.91. The van der Waals surface area contributed by atoms with Crippen LogP contribution in [0.25, 0.3) is 0 Å². The molecule has 0 N–H and O–H groups in total. The van der Waals surface area contributed by atoms with E-state index >= 15 is 0 Å². The minimum Gasteiger partial charge on any atom is -0.227 e. The number of nitrogens with zero attached hydrogens (tertiary/aromatic N) is 1. The summed E-state index contributed by atoms with van der Waals surface area (Å²) in [6.45, 7) is 4.01. The van der Waals surface area contributed by atoms with Gasteiger partial charge < -0.3 is 0 Å². The molecular weight excluding hydrogens is 164 g/mol. The molecule has 1 nitrogen and oxygen atoms in total. The van der Waals surface area contributed by atoms with Crippen LogP contribution in [0, 0.1) is 5.95 Å². The van der Waals surface area contributed by atoms with Gasteiger partial charge in [-0.25, -0.2) is 4.98 Å². The Morgan fingerprint density at radius 2 is 2.18 bits per heavy atom. The lowest BCUT2D eigenvalue weighted by Gasteiger charge is -2.03. The van der Waals surface area contributed by atoms with E-state index < -0.39 is 5.95 Å². The second-order valence-electron chi connectivity index (χ2n) is 2.70. The number of rotatable bonds is 1. The van der Waals surface area contributed by atoms with Gasteiger partial charge in [0, 0.05) is 6.20 Å². The molecule has 1 aromatic heterocycles. The van der Waals surface area contributed by atoms with Crippen LogP contribution >= 0.6 is 11.6 Å². The first-order valence-corrected chi connectivity index (χ1v) is 3.80. The second kappa shape index (κ2) is 3.18. The van der Waals surface area contributed by atoms with Gasteiger partial charge in [0.2, 0.25) is 5.95 Å². The molecule has 1 aromatic rings. The average Bonchev–Trinajstić information content (AvgIpc) is 1.94. The van der Waals surface area contributed by atoms with E-state index in [-0.39, 0.29) is 5.02 Å². The maximum Gasteiger partial charge on any atom is 0.231 e. The molecule has 0 spiro atoms. The predicted molar refractivity (Wildman–Crippen MR) is 43.3 cm³/mol. The summed E-state index contributed by atoms with van der Waals surface area (Å²) in [7, 11) is 0. The summed E-state index contributed by atoms with van der Waals surface area (Å²) in [6.07, 6.45) is 1.51. The van der Waals surface area contributed by atoms with Crippen molar-refractivity contribution >= 4 is 11.6 Å². The lowest BCUT2D eigenvalue weighted by molar-refractivity contribution is 0.581. The van der Waals surface area contributed by atoms with Crippen LogP contribution in [0.1, 0.15) is 25.3 Å². The number of hydrogen-bond donors (Lipinski definition) is 0. The molecule has 60 valence electrons. The molecule has 3 heteroatoms. The minimum absolute atomic E-state index is 0.0937. The average molecular weight is 173 g/mol. The predicted octanol–water partition coefficient (Wildman–Crippen LogP) is 3.00. The minimum atomic E-state index is -0.601. The van der Waals surface area contributed by atoms with Crippen molar-refractivity contribution < 1.29 is 4.39 Å². The summed E-state index contributed by atoms with van der Waals surface area (Å²) in [6, 6.07) is 1.61. The Labute approximate surface area is 70.2 Å². The van der Waals surface area contributed by atoms with E-state index in [1.54, 1.807) is 6.07 Å². The molecule has 0 unspecified atom stereocenters. The van der Waals surface area contributed by atoms with Crippen molar-refractivity contribution in [1.29, 1.82) is 0 Å². The number of aromatic nitrogens is 1. The molecule has 1 heterocycles. The second-order valence-corrected chi connectivity index (χ2v) is 3.10. The lowest BCUT2D eigenvalue weighted by atomic mass is 10.1. The molecule has 0 atom stereocenters. The Kier molecular flexibility index (Phi) is 2.45. The number of pyridine rings is 1. The standard InChI is InChI=1S/C8H9ClFN/c1-5(2)6-3-7(9)8(10)11-4-6/h3-5H,1-2H3/i10-1. The topological polar surface area (TPSA) is 12.9 Å². The molecule has 1 rings (SSSR count). The van der Waals surface area contributed by atoms with Crippen LogP contribution in [0.3, 0.4) is 0 Å². The van der Waals surface area contributed by atoms with Crippen molar-refractivity contribution in [2.24, 2.45) is 0 Å². The molecule has 0 bridgehead atoms. The molecule has 0 aromatic carbocycles. The first-order chi connectivity index (χ1) is 5.11. The maximum atomic E-state index is 12.5. The van der Waals surface area contributed by atoms with E-state index in [4.69, 9.17) is 11.6 Å². The maximum absolute atomic E-state index is 12.5. The van der Waals surface area contributed by atoms with Crippen molar-refractivity contribution in [3.63, 3.8) is 0 Å². The highest BCUT2D eigenvalue weighted by molar-refractivity contribution is 6.30. The van der Waals surface area contributed by atoms with Crippen LogP contribution < -0.4 is 0 Å². The molecule has 0 saturated heterocycles. The Bertz CT molecular complexity index is 260. The smallest absolute Gasteiger partial charge is 0.227 e. The highest BCUT2D eigenvalue weighted by atomic mass is 35.5. The summed E-state index contributed by atoms with van der Waals surface area (Å²) >= 11 is 5.52.